The molecule has 0 atom stereocenters. The maximum absolute atomic E-state index is 10.9. The lowest BCUT2D eigenvalue weighted by Gasteiger charge is -2.15. The number of nitrogens with zero attached hydrogens (tertiary/aromatic N) is 1. The molecule has 0 saturated carbocycles. The molecule has 196 valence electrons. The van der Waals surface area contributed by atoms with Crippen molar-refractivity contribution in [3.8, 4) is 17.2 Å². The summed E-state index contributed by atoms with van der Waals surface area (Å²) in [5, 5.41) is 19.0. The Bertz CT molecular complexity index is 1400. The van der Waals surface area contributed by atoms with Gasteiger partial charge in [-0.05, 0) is 61.2 Å². The molecule has 8 nitrogen and oxygen atoms in total. The van der Waals surface area contributed by atoms with Gasteiger partial charge < -0.3 is 24.4 Å². The Kier molecular flexibility index (Phi) is 9.12. The van der Waals surface area contributed by atoms with E-state index in [0.717, 1.165) is 22.2 Å². The van der Waals surface area contributed by atoms with Crippen LogP contribution >= 0.6 is 0 Å². The predicted molar refractivity (Wildman–Crippen MR) is 142 cm³/mol. The first-order chi connectivity index (χ1) is 18.5. The largest absolute Gasteiger partial charge is 0.488 e. The zero-order valence-corrected chi connectivity index (χ0v) is 20.8. The summed E-state index contributed by atoms with van der Waals surface area (Å²) in [4.78, 5) is 26.5. The molecule has 0 bridgehead atoms. The lowest BCUT2D eigenvalue weighted by atomic mass is 10.1. The second-order valence-corrected chi connectivity index (χ2v) is 8.73. The van der Waals surface area contributed by atoms with Crippen molar-refractivity contribution in [1.82, 2.24) is 4.98 Å². The van der Waals surface area contributed by atoms with Crippen LogP contribution in [-0.4, -0.2) is 33.7 Å². The number of hydrogen-bond donors (Lipinski definition) is 2. The highest BCUT2D eigenvalue weighted by Crippen LogP contribution is 2.29. The minimum absolute atomic E-state index is 0.105. The van der Waals surface area contributed by atoms with E-state index in [-0.39, 0.29) is 13.0 Å². The van der Waals surface area contributed by atoms with Crippen LogP contribution in [-0.2, 0) is 29.2 Å². The Labute approximate surface area is 220 Å². The zero-order valence-electron chi connectivity index (χ0n) is 20.8. The van der Waals surface area contributed by atoms with Crippen LogP contribution in [0.2, 0.25) is 0 Å². The van der Waals surface area contributed by atoms with E-state index in [4.69, 9.17) is 24.4 Å². The molecule has 0 amide bonds. The third kappa shape index (κ3) is 7.70. The van der Waals surface area contributed by atoms with Crippen molar-refractivity contribution < 1.29 is 34.0 Å². The van der Waals surface area contributed by atoms with E-state index in [9.17, 15) is 9.59 Å². The van der Waals surface area contributed by atoms with Gasteiger partial charge in [0, 0.05) is 17.4 Å². The Morgan fingerprint density at radius 1 is 0.711 bits per heavy atom. The van der Waals surface area contributed by atoms with Gasteiger partial charge in [-0.1, -0.05) is 42.5 Å². The van der Waals surface area contributed by atoms with E-state index < -0.39 is 18.5 Å². The van der Waals surface area contributed by atoms with Crippen LogP contribution in [0.1, 0.15) is 36.1 Å². The first-order valence-electron chi connectivity index (χ1n) is 12.4. The number of carboxylic acid groups (broad SMARTS) is 2. The van der Waals surface area contributed by atoms with Crippen molar-refractivity contribution in [2.24, 2.45) is 0 Å². The molecule has 4 aromatic rings. The van der Waals surface area contributed by atoms with Crippen molar-refractivity contribution in [2.75, 3.05) is 6.61 Å². The Morgan fingerprint density at radius 3 is 2.34 bits per heavy atom. The fourth-order valence-corrected chi connectivity index (χ4v) is 3.98. The highest BCUT2D eigenvalue weighted by atomic mass is 16.5. The standard InChI is InChI=1S/C30H29NO7/c32-29(33)12-6-3-8-22-17-25(36-19-24-14-13-21-7-1-4-10-26(21)31-24)15-16-28(22)37-18-23-9-2-5-11-27(23)38-20-30(34)35/h1-2,4-5,7,9-11,13-17H,3,6,8,12,18-20H2,(H,32,33)(H,34,35). The van der Waals surface area contributed by atoms with Gasteiger partial charge in [-0.25, -0.2) is 9.78 Å². The van der Waals surface area contributed by atoms with Crippen LogP contribution in [0.3, 0.4) is 0 Å². The van der Waals surface area contributed by atoms with E-state index in [1.54, 1.807) is 12.1 Å². The molecule has 0 unspecified atom stereocenters. The number of hydrogen-bond acceptors (Lipinski definition) is 6. The summed E-state index contributed by atoms with van der Waals surface area (Å²) in [6, 6.07) is 24.5. The van der Waals surface area contributed by atoms with E-state index >= 15 is 0 Å². The Morgan fingerprint density at radius 2 is 1.50 bits per heavy atom. The van der Waals surface area contributed by atoms with E-state index in [1.165, 1.54) is 0 Å². The van der Waals surface area contributed by atoms with Gasteiger partial charge >= 0.3 is 11.9 Å². The fourth-order valence-electron chi connectivity index (χ4n) is 3.98. The smallest absolute Gasteiger partial charge is 0.341 e. The molecular weight excluding hydrogens is 486 g/mol. The van der Waals surface area contributed by atoms with E-state index in [1.807, 2.05) is 66.7 Å². The monoisotopic (exact) mass is 515 g/mol. The fraction of sp³-hybridized carbons (Fsp3) is 0.233. The normalized spacial score (nSPS) is 10.7. The summed E-state index contributed by atoms with van der Waals surface area (Å²) < 4.78 is 17.5. The summed E-state index contributed by atoms with van der Waals surface area (Å²) in [6.45, 7) is 0.0425. The van der Waals surface area contributed by atoms with Crippen molar-refractivity contribution in [3.05, 3.63) is 95.7 Å². The van der Waals surface area contributed by atoms with Crippen LogP contribution in [0.5, 0.6) is 17.2 Å². The molecule has 0 fully saturated rings. The lowest BCUT2D eigenvalue weighted by molar-refractivity contribution is -0.139. The predicted octanol–water partition coefficient (Wildman–Crippen LogP) is 5.65. The first-order valence-corrected chi connectivity index (χ1v) is 12.4. The molecule has 0 aliphatic rings. The summed E-state index contributed by atoms with van der Waals surface area (Å²) in [6.07, 6.45) is 1.95. The third-order valence-corrected chi connectivity index (χ3v) is 5.87. The Hall–Kier alpha value is -4.59. The number of unbranched alkanes of at least 4 members (excludes halogenated alkanes) is 1. The number of carbonyl (C=O) groups is 2. The minimum atomic E-state index is -1.06. The third-order valence-electron chi connectivity index (χ3n) is 5.87. The lowest BCUT2D eigenvalue weighted by Crippen LogP contribution is -2.11. The van der Waals surface area contributed by atoms with Gasteiger partial charge in [-0.3, -0.25) is 4.79 Å². The molecule has 0 aliphatic carbocycles. The summed E-state index contributed by atoms with van der Waals surface area (Å²) in [5.41, 5.74) is 3.32. The molecule has 1 aromatic heterocycles. The highest BCUT2D eigenvalue weighted by Gasteiger charge is 2.11. The number of benzene rings is 3. The number of aryl methyl sites for hydroxylation is 1. The molecule has 2 N–H and O–H groups in total. The van der Waals surface area contributed by atoms with Gasteiger partial charge in [0.15, 0.2) is 6.61 Å². The quantitative estimate of drug-likeness (QED) is 0.207. The topological polar surface area (TPSA) is 115 Å². The number of ether oxygens (including phenoxy) is 3. The molecule has 0 aliphatic heterocycles. The average molecular weight is 516 g/mol. The number of para-hydroxylation sites is 2. The molecule has 3 aromatic carbocycles. The van der Waals surface area contributed by atoms with Crippen LogP contribution in [0.25, 0.3) is 10.9 Å². The summed E-state index contributed by atoms with van der Waals surface area (Å²) in [7, 11) is 0. The van der Waals surface area contributed by atoms with Crippen molar-refractivity contribution in [3.63, 3.8) is 0 Å². The van der Waals surface area contributed by atoms with Gasteiger partial charge in [0.2, 0.25) is 0 Å². The van der Waals surface area contributed by atoms with Crippen molar-refractivity contribution in [1.29, 1.82) is 0 Å². The second-order valence-electron chi connectivity index (χ2n) is 8.73. The number of pyridine rings is 1. The number of carboxylic acids is 2. The zero-order chi connectivity index (χ0) is 26.7. The van der Waals surface area contributed by atoms with Crippen molar-refractivity contribution >= 4 is 22.8 Å². The molecule has 38 heavy (non-hydrogen) atoms. The molecule has 0 saturated heterocycles. The SMILES string of the molecule is O=C(O)CCCCc1cc(OCc2ccc3ccccc3n2)ccc1OCc1ccccc1OCC(=O)O. The number of fused-ring (bicyclic) bond motifs is 1. The number of aliphatic carboxylic acids is 2. The highest BCUT2D eigenvalue weighted by molar-refractivity contribution is 5.78. The molecule has 0 radical (unpaired) electrons. The minimum Gasteiger partial charge on any atom is -0.488 e. The van der Waals surface area contributed by atoms with Crippen LogP contribution in [0, 0.1) is 0 Å². The van der Waals surface area contributed by atoms with Gasteiger partial charge in [-0.2, -0.15) is 0 Å². The number of rotatable bonds is 14. The van der Waals surface area contributed by atoms with Gasteiger partial charge in [0.25, 0.3) is 0 Å². The van der Waals surface area contributed by atoms with Crippen LogP contribution in [0.15, 0.2) is 78.9 Å². The van der Waals surface area contributed by atoms with Crippen LogP contribution < -0.4 is 14.2 Å². The van der Waals surface area contributed by atoms with E-state index in [0.29, 0.717) is 48.7 Å². The van der Waals surface area contributed by atoms with Crippen LogP contribution in [0.4, 0.5) is 0 Å². The summed E-state index contributed by atoms with van der Waals surface area (Å²) >= 11 is 0. The Balaban J connectivity index is 1.46. The molecule has 8 heteroatoms. The maximum atomic E-state index is 10.9. The molecule has 4 rings (SSSR count). The average Bonchev–Trinajstić information content (AvgIpc) is 2.92. The number of aromatic nitrogens is 1. The summed E-state index contributed by atoms with van der Waals surface area (Å²) in [5.74, 6) is -0.130. The first kappa shape index (κ1) is 26.5. The maximum Gasteiger partial charge on any atom is 0.341 e. The van der Waals surface area contributed by atoms with E-state index in [2.05, 4.69) is 4.98 Å². The van der Waals surface area contributed by atoms with Gasteiger partial charge in [0.05, 0.1) is 11.2 Å². The molecule has 1 heterocycles. The molecular formula is C30H29NO7. The second kappa shape index (κ2) is 13.1. The van der Waals surface area contributed by atoms with Crippen molar-refractivity contribution in [2.45, 2.75) is 38.9 Å². The van der Waals surface area contributed by atoms with Gasteiger partial charge in [-0.15, -0.1) is 0 Å². The van der Waals surface area contributed by atoms with Gasteiger partial charge in [0.1, 0.15) is 30.5 Å². The molecule has 0 spiro atoms.